The molecule has 3 nitrogen and oxygen atoms in total. The second-order valence-corrected chi connectivity index (χ2v) is 6.55. The van der Waals surface area contributed by atoms with E-state index in [0.29, 0.717) is 10.8 Å². The summed E-state index contributed by atoms with van der Waals surface area (Å²) in [4.78, 5) is 2.46. The molecule has 25 heavy (non-hydrogen) atoms. The van der Waals surface area contributed by atoms with Gasteiger partial charge >= 0.3 is 0 Å². The third kappa shape index (κ3) is 7.68. The lowest BCUT2D eigenvalue weighted by atomic mass is 10.1. The fourth-order valence-corrected chi connectivity index (χ4v) is 2.94. The van der Waals surface area contributed by atoms with Crippen molar-refractivity contribution in [2.45, 2.75) is 32.6 Å². The molecule has 0 saturated carbocycles. The van der Waals surface area contributed by atoms with Gasteiger partial charge in [0.25, 0.3) is 0 Å². The molecule has 0 saturated heterocycles. The predicted molar refractivity (Wildman–Crippen MR) is 110 cm³/mol. The number of halogens is 2. The van der Waals surface area contributed by atoms with Crippen molar-refractivity contribution < 1.29 is 10.2 Å². The van der Waals surface area contributed by atoms with E-state index in [-0.39, 0.29) is 22.7 Å². The Morgan fingerprint density at radius 3 is 2.20 bits per heavy atom. The third-order valence-corrected chi connectivity index (χ3v) is 4.46. The Bertz CT molecular complexity index is 634. The Morgan fingerprint density at radius 1 is 0.880 bits per heavy atom. The first kappa shape index (κ1) is 21.8. The van der Waals surface area contributed by atoms with E-state index < -0.39 is 0 Å². The normalized spacial score (nSPS) is 10.7. The second kappa shape index (κ2) is 11.4. The number of aryl methyl sites for hydroxylation is 1. The number of hydrogen-bond donors (Lipinski definition) is 2. The van der Waals surface area contributed by atoms with E-state index in [9.17, 15) is 10.2 Å². The smallest absolute Gasteiger partial charge is 0.134 e. The highest BCUT2D eigenvalue weighted by Gasteiger charge is 2.06. The highest BCUT2D eigenvalue weighted by Crippen LogP contribution is 2.24. The third-order valence-electron chi connectivity index (χ3n) is 4.14. The SMILES string of the molecule is Br.CCCN(CCCc1ccc(O)cc1)CCc1ccc(Cl)c(O)c1. The average molecular weight is 429 g/mol. The zero-order valence-corrected chi connectivity index (χ0v) is 17.1. The molecule has 2 rings (SSSR count). The van der Waals surface area contributed by atoms with Crippen molar-refractivity contribution in [3.8, 4) is 11.5 Å². The second-order valence-electron chi connectivity index (χ2n) is 6.15. The zero-order valence-electron chi connectivity index (χ0n) is 14.6. The quantitative estimate of drug-likeness (QED) is 0.576. The molecular weight excluding hydrogens is 402 g/mol. The van der Waals surface area contributed by atoms with E-state index in [4.69, 9.17) is 11.6 Å². The Labute approximate surface area is 166 Å². The van der Waals surface area contributed by atoms with E-state index in [0.717, 1.165) is 50.9 Å². The van der Waals surface area contributed by atoms with Crippen LogP contribution in [0.3, 0.4) is 0 Å². The number of rotatable bonds is 9. The van der Waals surface area contributed by atoms with E-state index in [1.54, 1.807) is 24.3 Å². The number of hydrogen-bond acceptors (Lipinski definition) is 3. The molecule has 0 unspecified atom stereocenters. The van der Waals surface area contributed by atoms with E-state index >= 15 is 0 Å². The van der Waals surface area contributed by atoms with E-state index in [1.165, 1.54) is 5.56 Å². The minimum atomic E-state index is 0. The number of aromatic hydroxyl groups is 2. The van der Waals surface area contributed by atoms with Gasteiger partial charge in [0, 0.05) is 6.54 Å². The molecule has 5 heteroatoms. The summed E-state index contributed by atoms with van der Waals surface area (Å²) in [6, 6.07) is 12.9. The lowest BCUT2D eigenvalue weighted by Crippen LogP contribution is -2.28. The Morgan fingerprint density at radius 2 is 1.56 bits per heavy atom. The van der Waals surface area contributed by atoms with Crippen molar-refractivity contribution in [2.24, 2.45) is 0 Å². The monoisotopic (exact) mass is 427 g/mol. The van der Waals surface area contributed by atoms with Crippen LogP contribution in [0.15, 0.2) is 42.5 Å². The molecular formula is C20H27BrClNO2. The largest absolute Gasteiger partial charge is 0.508 e. The molecule has 2 N–H and O–H groups in total. The van der Waals surface area contributed by atoms with Crippen LogP contribution in [0.5, 0.6) is 11.5 Å². The lowest BCUT2D eigenvalue weighted by molar-refractivity contribution is 0.274. The van der Waals surface area contributed by atoms with Crippen molar-refractivity contribution >= 4 is 28.6 Å². The van der Waals surface area contributed by atoms with Crippen LogP contribution in [-0.2, 0) is 12.8 Å². The number of phenols is 2. The summed E-state index contributed by atoms with van der Waals surface area (Å²) in [5, 5.41) is 19.4. The van der Waals surface area contributed by atoms with Gasteiger partial charge in [-0.1, -0.05) is 36.7 Å². The minimum absolute atomic E-state index is 0. The molecule has 0 bridgehead atoms. The fraction of sp³-hybridized carbons (Fsp3) is 0.400. The van der Waals surface area contributed by atoms with Crippen LogP contribution in [0.2, 0.25) is 5.02 Å². The molecule has 0 aliphatic heterocycles. The van der Waals surface area contributed by atoms with Crippen LogP contribution in [0.1, 0.15) is 30.9 Å². The molecule has 2 aromatic rings. The Kier molecular flexibility index (Phi) is 9.94. The molecule has 0 radical (unpaired) electrons. The van der Waals surface area contributed by atoms with Gasteiger partial charge in [0.2, 0.25) is 0 Å². The zero-order chi connectivity index (χ0) is 17.4. The van der Waals surface area contributed by atoms with Gasteiger partial charge in [0.15, 0.2) is 0 Å². The number of benzene rings is 2. The van der Waals surface area contributed by atoms with Crippen molar-refractivity contribution in [1.82, 2.24) is 4.90 Å². The van der Waals surface area contributed by atoms with Gasteiger partial charge in [-0.25, -0.2) is 0 Å². The van der Waals surface area contributed by atoms with Crippen molar-refractivity contribution in [1.29, 1.82) is 0 Å². The van der Waals surface area contributed by atoms with Crippen LogP contribution in [0.4, 0.5) is 0 Å². The molecule has 0 heterocycles. The molecule has 2 aromatic carbocycles. The van der Waals surface area contributed by atoms with Gasteiger partial charge in [-0.2, -0.15) is 0 Å². The van der Waals surface area contributed by atoms with E-state index in [1.807, 2.05) is 18.2 Å². The maximum atomic E-state index is 9.69. The Balaban J connectivity index is 0.00000312. The predicted octanol–water partition coefficient (Wildman–Crippen LogP) is 5.22. The molecule has 0 atom stereocenters. The van der Waals surface area contributed by atoms with Crippen molar-refractivity contribution in [3.63, 3.8) is 0 Å². The van der Waals surface area contributed by atoms with Crippen LogP contribution in [-0.4, -0.2) is 34.7 Å². The summed E-state index contributed by atoms with van der Waals surface area (Å²) in [7, 11) is 0. The van der Waals surface area contributed by atoms with Gasteiger partial charge in [-0.05, 0) is 74.2 Å². The number of nitrogens with zero attached hydrogens (tertiary/aromatic N) is 1. The van der Waals surface area contributed by atoms with Crippen molar-refractivity contribution in [2.75, 3.05) is 19.6 Å². The maximum Gasteiger partial charge on any atom is 0.134 e. The van der Waals surface area contributed by atoms with Crippen molar-refractivity contribution in [3.05, 3.63) is 58.6 Å². The highest BCUT2D eigenvalue weighted by molar-refractivity contribution is 8.93. The van der Waals surface area contributed by atoms with Crippen LogP contribution >= 0.6 is 28.6 Å². The van der Waals surface area contributed by atoms with Gasteiger partial charge in [-0.3, -0.25) is 0 Å². The topological polar surface area (TPSA) is 43.7 Å². The molecule has 0 aliphatic carbocycles. The standard InChI is InChI=1S/C20H26ClNO2.BrH/c1-2-12-22(13-3-4-16-5-8-18(23)9-6-16)14-11-17-7-10-19(21)20(24)15-17;/h5-10,15,23-24H,2-4,11-14H2,1H3;1H. The first-order valence-electron chi connectivity index (χ1n) is 8.56. The molecule has 0 aliphatic rings. The highest BCUT2D eigenvalue weighted by atomic mass is 79.9. The average Bonchev–Trinajstić information content (AvgIpc) is 2.57. The fourth-order valence-electron chi connectivity index (χ4n) is 2.82. The summed E-state index contributed by atoms with van der Waals surface area (Å²) in [5.41, 5.74) is 2.36. The summed E-state index contributed by atoms with van der Waals surface area (Å²) in [6.45, 7) is 5.30. The molecule has 0 amide bonds. The first-order chi connectivity index (χ1) is 11.6. The summed E-state index contributed by atoms with van der Waals surface area (Å²) in [5.74, 6) is 0.473. The summed E-state index contributed by atoms with van der Waals surface area (Å²) in [6.07, 6.45) is 4.15. The van der Waals surface area contributed by atoms with Gasteiger partial charge in [0.1, 0.15) is 11.5 Å². The molecule has 0 fully saturated rings. The maximum absolute atomic E-state index is 9.69. The van der Waals surface area contributed by atoms with Gasteiger partial charge in [-0.15, -0.1) is 17.0 Å². The number of phenolic OH excluding ortho intramolecular Hbond substituents is 2. The van der Waals surface area contributed by atoms with Gasteiger partial charge < -0.3 is 15.1 Å². The minimum Gasteiger partial charge on any atom is -0.508 e. The van der Waals surface area contributed by atoms with Crippen LogP contribution in [0.25, 0.3) is 0 Å². The molecule has 0 spiro atoms. The summed E-state index contributed by atoms with van der Waals surface area (Å²) < 4.78 is 0. The van der Waals surface area contributed by atoms with Gasteiger partial charge in [0.05, 0.1) is 5.02 Å². The first-order valence-corrected chi connectivity index (χ1v) is 8.94. The summed E-state index contributed by atoms with van der Waals surface area (Å²) >= 11 is 5.85. The molecule has 138 valence electrons. The van der Waals surface area contributed by atoms with E-state index in [2.05, 4.69) is 11.8 Å². The Hall–Kier alpha value is -1.23. The van der Waals surface area contributed by atoms with Crippen LogP contribution in [0, 0.1) is 0 Å². The lowest BCUT2D eigenvalue weighted by Gasteiger charge is -2.21. The molecule has 0 aromatic heterocycles. The van der Waals surface area contributed by atoms with Crippen LogP contribution < -0.4 is 0 Å².